The molecular formula is C18H19N. The summed E-state index contributed by atoms with van der Waals surface area (Å²) < 4.78 is 0. The van der Waals surface area contributed by atoms with E-state index < -0.39 is 0 Å². The van der Waals surface area contributed by atoms with Crippen molar-refractivity contribution >= 4 is 10.8 Å². The van der Waals surface area contributed by atoms with E-state index in [2.05, 4.69) is 73.7 Å². The highest BCUT2D eigenvalue weighted by atomic mass is 14.1. The molecule has 3 aromatic carbocycles. The SMILES string of the molecule is Cc1cc2ccccc2cc1Cc1ccccc1.N. The Labute approximate surface area is 114 Å². The van der Waals surface area contributed by atoms with E-state index in [1.165, 1.54) is 27.5 Å². The lowest BCUT2D eigenvalue weighted by atomic mass is 9.97. The van der Waals surface area contributed by atoms with Crippen LogP contribution in [0.3, 0.4) is 0 Å². The molecule has 0 amide bonds. The van der Waals surface area contributed by atoms with E-state index in [0.717, 1.165) is 6.42 Å². The number of aryl methyl sites for hydroxylation is 1. The highest BCUT2D eigenvalue weighted by Crippen LogP contribution is 2.21. The molecule has 3 N–H and O–H groups in total. The summed E-state index contributed by atoms with van der Waals surface area (Å²) in [5, 5.41) is 2.65. The van der Waals surface area contributed by atoms with Crippen LogP contribution in [-0.4, -0.2) is 0 Å². The standard InChI is InChI=1S/C18H16.H3N/c1-14-11-16-9-5-6-10-17(16)13-18(14)12-15-7-3-2-4-8-15;/h2-11,13H,12H2,1H3;1H3. The van der Waals surface area contributed by atoms with Crippen molar-refractivity contribution in [1.29, 1.82) is 0 Å². The maximum Gasteiger partial charge on any atom is -0.00229 e. The van der Waals surface area contributed by atoms with Gasteiger partial charge in [-0.05, 0) is 40.8 Å². The molecule has 0 aliphatic heterocycles. The van der Waals surface area contributed by atoms with Gasteiger partial charge in [-0.25, -0.2) is 0 Å². The summed E-state index contributed by atoms with van der Waals surface area (Å²) in [4.78, 5) is 0. The molecule has 3 aromatic rings. The van der Waals surface area contributed by atoms with E-state index in [4.69, 9.17) is 0 Å². The van der Waals surface area contributed by atoms with Gasteiger partial charge >= 0.3 is 0 Å². The van der Waals surface area contributed by atoms with Crippen molar-refractivity contribution in [1.82, 2.24) is 6.15 Å². The predicted molar refractivity (Wildman–Crippen MR) is 83.0 cm³/mol. The Kier molecular flexibility index (Phi) is 3.98. The molecule has 0 fully saturated rings. The Balaban J connectivity index is 0.00000133. The molecule has 0 atom stereocenters. The second-order valence-corrected chi connectivity index (χ2v) is 4.79. The molecule has 1 nitrogen and oxygen atoms in total. The van der Waals surface area contributed by atoms with Gasteiger partial charge in [0.25, 0.3) is 0 Å². The number of fused-ring (bicyclic) bond motifs is 1. The Bertz CT molecular complexity index is 672. The smallest absolute Gasteiger partial charge is 0.00229 e. The molecule has 0 radical (unpaired) electrons. The van der Waals surface area contributed by atoms with Crippen LogP contribution in [-0.2, 0) is 6.42 Å². The molecule has 0 aliphatic rings. The fourth-order valence-corrected chi connectivity index (χ4v) is 2.41. The average Bonchev–Trinajstić information content (AvgIpc) is 2.41. The van der Waals surface area contributed by atoms with Crippen LogP contribution in [0.2, 0.25) is 0 Å². The van der Waals surface area contributed by atoms with Crippen molar-refractivity contribution in [3.05, 3.63) is 83.4 Å². The molecule has 0 aromatic heterocycles. The lowest BCUT2D eigenvalue weighted by Gasteiger charge is -2.08. The molecule has 0 saturated carbocycles. The third kappa shape index (κ3) is 2.83. The molecule has 0 unspecified atom stereocenters. The van der Waals surface area contributed by atoms with Crippen molar-refractivity contribution in [2.75, 3.05) is 0 Å². The second kappa shape index (κ2) is 5.68. The first kappa shape index (κ1) is 13.3. The molecule has 0 saturated heterocycles. The molecule has 0 bridgehead atoms. The van der Waals surface area contributed by atoms with Gasteiger partial charge in [0.05, 0.1) is 0 Å². The van der Waals surface area contributed by atoms with Crippen LogP contribution in [0.25, 0.3) is 10.8 Å². The summed E-state index contributed by atoms with van der Waals surface area (Å²) in [5.74, 6) is 0. The third-order valence-electron chi connectivity index (χ3n) is 3.44. The number of hydrogen-bond donors (Lipinski definition) is 1. The van der Waals surface area contributed by atoms with Gasteiger partial charge in [-0.15, -0.1) is 0 Å². The highest BCUT2D eigenvalue weighted by Gasteiger charge is 2.02. The zero-order valence-corrected chi connectivity index (χ0v) is 11.3. The van der Waals surface area contributed by atoms with Crippen LogP contribution in [0.1, 0.15) is 16.7 Å². The number of hydrogen-bond acceptors (Lipinski definition) is 1. The molecule has 0 spiro atoms. The van der Waals surface area contributed by atoms with Crippen LogP contribution in [0.4, 0.5) is 0 Å². The van der Waals surface area contributed by atoms with Crippen molar-refractivity contribution in [2.45, 2.75) is 13.3 Å². The first-order valence-corrected chi connectivity index (χ1v) is 6.35. The minimum Gasteiger partial charge on any atom is -0.344 e. The van der Waals surface area contributed by atoms with Gasteiger partial charge in [0.1, 0.15) is 0 Å². The maximum atomic E-state index is 2.32. The quantitative estimate of drug-likeness (QED) is 0.688. The van der Waals surface area contributed by atoms with Crippen LogP contribution in [0.15, 0.2) is 66.7 Å². The zero-order chi connectivity index (χ0) is 12.4. The largest absolute Gasteiger partial charge is 0.344 e. The molecule has 1 heteroatoms. The van der Waals surface area contributed by atoms with Gasteiger partial charge in [-0.1, -0.05) is 66.7 Å². The van der Waals surface area contributed by atoms with Gasteiger partial charge < -0.3 is 6.15 Å². The van der Waals surface area contributed by atoms with E-state index in [1.54, 1.807) is 0 Å². The number of rotatable bonds is 2. The lowest BCUT2D eigenvalue weighted by Crippen LogP contribution is -1.92. The van der Waals surface area contributed by atoms with Crippen molar-refractivity contribution in [3.63, 3.8) is 0 Å². The minimum atomic E-state index is 0. The van der Waals surface area contributed by atoms with Crippen molar-refractivity contribution < 1.29 is 0 Å². The first-order chi connectivity index (χ1) is 8.83. The maximum absolute atomic E-state index is 2.32. The van der Waals surface area contributed by atoms with E-state index in [0.29, 0.717) is 0 Å². The summed E-state index contributed by atoms with van der Waals surface area (Å²) in [5.41, 5.74) is 4.16. The van der Waals surface area contributed by atoms with Crippen LogP contribution >= 0.6 is 0 Å². The minimum absolute atomic E-state index is 0. The topological polar surface area (TPSA) is 35.0 Å². The summed E-state index contributed by atoms with van der Waals surface area (Å²) in [7, 11) is 0. The van der Waals surface area contributed by atoms with Crippen molar-refractivity contribution in [2.24, 2.45) is 0 Å². The summed E-state index contributed by atoms with van der Waals surface area (Å²) in [6, 6.07) is 23.8. The van der Waals surface area contributed by atoms with Gasteiger partial charge in [-0.2, -0.15) is 0 Å². The Hall–Kier alpha value is -2.12. The summed E-state index contributed by atoms with van der Waals surface area (Å²) in [6.07, 6.45) is 1.01. The van der Waals surface area contributed by atoms with E-state index >= 15 is 0 Å². The first-order valence-electron chi connectivity index (χ1n) is 6.35. The van der Waals surface area contributed by atoms with Gasteiger partial charge in [-0.3, -0.25) is 0 Å². The molecule has 0 heterocycles. The molecule has 19 heavy (non-hydrogen) atoms. The molecule has 0 aliphatic carbocycles. The van der Waals surface area contributed by atoms with E-state index in [-0.39, 0.29) is 6.15 Å². The molecule has 3 rings (SSSR count). The van der Waals surface area contributed by atoms with E-state index in [9.17, 15) is 0 Å². The van der Waals surface area contributed by atoms with Gasteiger partial charge in [0, 0.05) is 0 Å². The van der Waals surface area contributed by atoms with Gasteiger partial charge in [0.15, 0.2) is 0 Å². The normalized spacial score (nSPS) is 10.2. The fourth-order valence-electron chi connectivity index (χ4n) is 2.41. The monoisotopic (exact) mass is 249 g/mol. The van der Waals surface area contributed by atoms with E-state index in [1.807, 2.05) is 0 Å². The van der Waals surface area contributed by atoms with Gasteiger partial charge in [0.2, 0.25) is 0 Å². The second-order valence-electron chi connectivity index (χ2n) is 4.79. The molecule has 96 valence electrons. The Morgan fingerprint density at radius 3 is 2.00 bits per heavy atom. The summed E-state index contributed by atoms with van der Waals surface area (Å²) >= 11 is 0. The highest BCUT2D eigenvalue weighted by molar-refractivity contribution is 5.84. The average molecular weight is 249 g/mol. The third-order valence-corrected chi connectivity index (χ3v) is 3.44. The zero-order valence-electron chi connectivity index (χ0n) is 11.3. The van der Waals surface area contributed by atoms with Crippen LogP contribution < -0.4 is 6.15 Å². The van der Waals surface area contributed by atoms with Crippen LogP contribution in [0.5, 0.6) is 0 Å². The number of benzene rings is 3. The van der Waals surface area contributed by atoms with Crippen LogP contribution in [0, 0.1) is 6.92 Å². The fraction of sp³-hybridized carbons (Fsp3) is 0.111. The summed E-state index contributed by atoms with van der Waals surface area (Å²) in [6.45, 7) is 2.20. The predicted octanol–water partition coefficient (Wildman–Crippen LogP) is 4.90. The molecular weight excluding hydrogens is 230 g/mol. The van der Waals surface area contributed by atoms with Crippen molar-refractivity contribution in [3.8, 4) is 0 Å². The Morgan fingerprint density at radius 2 is 1.32 bits per heavy atom. The lowest BCUT2D eigenvalue weighted by molar-refractivity contribution is 1.16. The Morgan fingerprint density at radius 1 is 0.737 bits per heavy atom.